The highest BCUT2D eigenvalue weighted by molar-refractivity contribution is 5.83. The highest BCUT2D eigenvalue weighted by atomic mass is 19.4. The minimum atomic E-state index is -4.89. The fourth-order valence-corrected chi connectivity index (χ4v) is 1.62. The quantitative estimate of drug-likeness (QED) is 0.661. The summed E-state index contributed by atoms with van der Waals surface area (Å²) >= 11 is 0. The van der Waals surface area contributed by atoms with Crippen LogP contribution in [0.3, 0.4) is 0 Å². The van der Waals surface area contributed by atoms with E-state index in [2.05, 4.69) is 10.1 Å². The van der Waals surface area contributed by atoms with E-state index in [1.165, 1.54) is 6.20 Å². The first-order chi connectivity index (χ1) is 9.70. The fourth-order valence-electron chi connectivity index (χ4n) is 1.62. The predicted octanol–water partition coefficient (Wildman–Crippen LogP) is 2.52. The number of anilines is 1. The Morgan fingerprint density at radius 3 is 2.57 bits per heavy atom. The average molecular weight is 302 g/mol. The van der Waals surface area contributed by atoms with Crippen molar-refractivity contribution in [1.82, 2.24) is 9.66 Å². The third-order valence-corrected chi connectivity index (χ3v) is 2.61. The number of nitrogens with two attached hydrogens (primary N) is 1. The van der Waals surface area contributed by atoms with Crippen molar-refractivity contribution in [3.8, 4) is 5.75 Å². The molecule has 2 aromatic rings. The summed E-state index contributed by atoms with van der Waals surface area (Å²) in [6.45, 7) is 1.66. The second-order valence-electron chi connectivity index (χ2n) is 4.19. The number of rotatable bonds is 2. The molecule has 1 heterocycles. The summed E-state index contributed by atoms with van der Waals surface area (Å²) in [5, 5.41) is 13.3. The second-order valence-corrected chi connectivity index (χ2v) is 4.19. The summed E-state index contributed by atoms with van der Waals surface area (Å²) in [5.74, 6) is -2.83. The molecule has 3 N–H and O–H groups in total. The van der Waals surface area contributed by atoms with Gasteiger partial charge in [-0.2, -0.15) is 18.3 Å². The number of hydrogen-bond acceptors (Lipinski definition) is 4. The number of aryl methyl sites for hydroxylation is 1. The van der Waals surface area contributed by atoms with Crippen LogP contribution in [0.5, 0.6) is 5.75 Å². The third kappa shape index (κ3) is 2.96. The van der Waals surface area contributed by atoms with Crippen LogP contribution in [-0.4, -0.2) is 21.0 Å². The van der Waals surface area contributed by atoms with Crippen molar-refractivity contribution in [2.24, 2.45) is 5.10 Å². The van der Waals surface area contributed by atoms with E-state index in [1.807, 2.05) is 0 Å². The maximum atomic E-state index is 13.5. The predicted molar refractivity (Wildman–Crippen MR) is 67.4 cm³/mol. The van der Waals surface area contributed by atoms with Crippen molar-refractivity contribution in [2.75, 3.05) is 5.73 Å². The molecule has 5 nitrogen and oxygen atoms in total. The lowest BCUT2D eigenvalue weighted by Gasteiger charge is -2.10. The van der Waals surface area contributed by atoms with Gasteiger partial charge in [0.1, 0.15) is 0 Å². The van der Waals surface area contributed by atoms with E-state index in [9.17, 15) is 22.7 Å². The van der Waals surface area contributed by atoms with Gasteiger partial charge in [0, 0.05) is 5.56 Å². The van der Waals surface area contributed by atoms with Crippen LogP contribution < -0.4 is 5.73 Å². The van der Waals surface area contributed by atoms with Gasteiger partial charge in [0.2, 0.25) is 5.95 Å². The van der Waals surface area contributed by atoms with Crippen LogP contribution in [0.25, 0.3) is 0 Å². The molecule has 1 aromatic carbocycles. The number of phenolic OH excluding ortho intramolecular Hbond substituents is 1. The van der Waals surface area contributed by atoms with Crippen molar-refractivity contribution >= 4 is 12.2 Å². The minimum Gasteiger partial charge on any atom is -0.504 e. The van der Waals surface area contributed by atoms with Gasteiger partial charge in [-0.15, -0.1) is 0 Å². The van der Waals surface area contributed by atoms with E-state index < -0.39 is 23.3 Å². The van der Waals surface area contributed by atoms with Crippen LogP contribution in [0.4, 0.5) is 23.5 Å². The first-order valence-electron chi connectivity index (χ1n) is 5.64. The monoisotopic (exact) mass is 302 g/mol. The molecule has 1 aromatic heterocycles. The fraction of sp³-hybridized carbons (Fsp3) is 0.167. The largest absolute Gasteiger partial charge is 0.504 e. The molecule has 0 aliphatic rings. The maximum Gasteiger partial charge on any atom is 0.419 e. The van der Waals surface area contributed by atoms with Crippen LogP contribution in [0, 0.1) is 12.7 Å². The topological polar surface area (TPSA) is 76.4 Å². The van der Waals surface area contributed by atoms with E-state index in [1.54, 1.807) is 6.92 Å². The molecule has 0 atom stereocenters. The van der Waals surface area contributed by atoms with Gasteiger partial charge in [-0.05, 0) is 19.1 Å². The zero-order valence-electron chi connectivity index (χ0n) is 10.7. The lowest BCUT2D eigenvalue weighted by Crippen LogP contribution is -2.09. The van der Waals surface area contributed by atoms with Crippen molar-refractivity contribution in [1.29, 1.82) is 0 Å². The molecule has 0 radical (unpaired) electrons. The highest BCUT2D eigenvalue weighted by Gasteiger charge is 2.35. The Morgan fingerprint density at radius 1 is 1.38 bits per heavy atom. The number of alkyl halides is 3. The molecular formula is C12H10F4N4O. The summed E-state index contributed by atoms with van der Waals surface area (Å²) in [4.78, 5) is 3.85. The summed E-state index contributed by atoms with van der Waals surface area (Å²) in [7, 11) is 0. The molecule has 0 saturated carbocycles. The van der Waals surface area contributed by atoms with Gasteiger partial charge in [-0.1, -0.05) is 0 Å². The second kappa shape index (κ2) is 5.08. The standard InChI is InChI=1S/C12H10F4N4O/c1-6-5-20(11(17)19-6)18-4-7-2-3-8(12(14,15)16)9(13)10(7)21/h2-5,21H,1H3,(H2,17,19). The molecule has 0 fully saturated rings. The lowest BCUT2D eigenvalue weighted by atomic mass is 10.1. The van der Waals surface area contributed by atoms with Gasteiger partial charge in [0.05, 0.1) is 23.7 Å². The van der Waals surface area contributed by atoms with E-state index in [4.69, 9.17) is 5.73 Å². The van der Waals surface area contributed by atoms with Gasteiger partial charge in [-0.3, -0.25) is 0 Å². The number of benzene rings is 1. The molecule has 21 heavy (non-hydrogen) atoms. The first kappa shape index (κ1) is 14.8. The molecule has 0 aliphatic carbocycles. The molecule has 0 aliphatic heterocycles. The Kier molecular flexibility index (Phi) is 3.58. The summed E-state index contributed by atoms with van der Waals surface area (Å²) in [6.07, 6.45) is -2.44. The van der Waals surface area contributed by atoms with Crippen LogP contribution in [0.15, 0.2) is 23.4 Å². The number of aromatic hydroxyl groups is 1. The Morgan fingerprint density at radius 2 is 2.05 bits per heavy atom. The number of nitrogens with zero attached hydrogens (tertiary/aromatic N) is 3. The molecule has 9 heteroatoms. The van der Waals surface area contributed by atoms with Crippen molar-refractivity contribution in [2.45, 2.75) is 13.1 Å². The zero-order valence-corrected chi connectivity index (χ0v) is 10.7. The molecule has 0 spiro atoms. The van der Waals surface area contributed by atoms with Gasteiger partial charge in [0.15, 0.2) is 11.6 Å². The van der Waals surface area contributed by atoms with E-state index in [0.717, 1.165) is 17.0 Å². The normalized spacial score (nSPS) is 12.2. The number of nitrogen functional groups attached to an aromatic ring is 1. The van der Waals surface area contributed by atoms with Crippen LogP contribution in [0.1, 0.15) is 16.8 Å². The SMILES string of the molecule is Cc1cn(N=Cc2ccc(C(F)(F)F)c(F)c2O)c(N)n1. The molecule has 0 amide bonds. The molecular weight excluding hydrogens is 292 g/mol. The summed E-state index contributed by atoms with van der Waals surface area (Å²) in [6, 6.07) is 1.43. The lowest BCUT2D eigenvalue weighted by molar-refractivity contribution is -0.140. The molecule has 2 rings (SSSR count). The smallest absolute Gasteiger partial charge is 0.419 e. The molecule has 0 saturated heterocycles. The number of aromatic nitrogens is 2. The van der Waals surface area contributed by atoms with Crippen molar-refractivity contribution in [3.05, 3.63) is 41.0 Å². The van der Waals surface area contributed by atoms with Gasteiger partial charge in [0.25, 0.3) is 0 Å². The van der Waals surface area contributed by atoms with Crippen LogP contribution in [-0.2, 0) is 6.18 Å². The first-order valence-corrected chi connectivity index (χ1v) is 5.64. The van der Waals surface area contributed by atoms with E-state index in [-0.39, 0.29) is 11.5 Å². The van der Waals surface area contributed by atoms with Gasteiger partial charge >= 0.3 is 6.18 Å². The zero-order chi connectivity index (χ0) is 15.8. The number of imidazole rings is 1. The van der Waals surface area contributed by atoms with E-state index >= 15 is 0 Å². The minimum absolute atomic E-state index is 0.0515. The molecule has 0 unspecified atom stereocenters. The summed E-state index contributed by atoms with van der Waals surface area (Å²) < 4.78 is 52.0. The van der Waals surface area contributed by atoms with Crippen molar-refractivity contribution in [3.63, 3.8) is 0 Å². The van der Waals surface area contributed by atoms with Crippen LogP contribution >= 0.6 is 0 Å². The Labute approximate surface area is 116 Å². The molecule has 0 bridgehead atoms. The highest BCUT2D eigenvalue weighted by Crippen LogP contribution is 2.35. The average Bonchev–Trinajstić information content (AvgIpc) is 2.68. The maximum absolute atomic E-state index is 13.5. The summed E-state index contributed by atoms with van der Waals surface area (Å²) in [5.41, 5.74) is 4.32. The van der Waals surface area contributed by atoms with Crippen LogP contribution in [0.2, 0.25) is 0 Å². The number of hydrogen-bond donors (Lipinski definition) is 2. The van der Waals surface area contributed by atoms with Gasteiger partial charge in [-0.25, -0.2) is 14.1 Å². The van der Waals surface area contributed by atoms with Gasteiger partial charge < -0.3 is 10.8 Å². The third-order valence-electron chi connectivity index (χ3n) is 2.61. The Balaban J connectivity index is 2.38. The van der Waals surface area contributed by atoms with Crippen molar-refractivity contribution < 1.29 is 22.7 Å². The molecule has 112 valence electrons. The van der Waals surface area contributed by atoms with E-state index in [0.29, 0.717) is 11.8 Å². The Hall–Kier alpha value is -2.58. The number of halogens is 4. The Bertz CT molecular complexity index is 706. The number of phenols is 1.